The zero-order valence-electron chi connectivity index (χ0n) is 11.7. The Labute approximate surface area is 138 Å². The molecule has 0 heterocycles. The van der Waals surface area contributed by atoms with Crippen LogP contribution < -0.4 is 5.32 Å². The molecule has 0 radical (unpaired) electrons. The van der Waals surface area contributed by atoms with E-state index in [2.05, 4.69) is 5.32 Å². The van der Waals surface area contributed by atoms with Crippen molar-refractivity contribution in [1.82, 2.24) is 0 Å². The molecule has 114 valence electrons. The van der Waals surface area contributed by atoms with Crippen molar-refractivity contribution in [2.45, 2.75) is 24.7 Å². The van der Waals surface area contributed by atoms with Crippen molar-refractivity contribution in [1.29, 1.82) is 0 Å². The summed E-state index contributed by atoms with van der Waals surface area (Å²) >= 11 is 12.0. The molecule has 0 unspecified atom stereocenters. The summed E-state index contributed by atoms with van der Waals surface area (Å²) in [4.78, 5) is 12.8. The van der Waals surface area contributed by atoms with Crippen LogP contribution in [0.2, 0.25) is 10.0 Å². The first-order valence-electron chi connectivity index (χ1n) is 7.04. The average Bonchev–Trinajstić information content (AvgIpc) is 2.44. The Balaban J connectivity index is 1.89. The zero-order chi connectivity index (χ0) is 15.7. The second kappa shape index (κ2) is 5.90. The lowest BCUT2D eigenvalue weighted by Gasteiger charge is -2.40. The molecule has 0 atom stereocenters. The summed E-state index contributed by atoms with van der Waals surface area (Å²) in [6.45, 7) is 0. The standard InChI is InChI=1S/C17H14Cl2FNO/c18-12-4-7-14(19)15(10-12)21-16(22)17(8-1-9-17)11-2-5-13(20)6-3-11/h2-7,10H,1,8-9H2,(H,21,22). The first kappa shape index (κ1) is 15.3. The van der Waals surface area contributed by atoms with Crippen molar-refractivity contribution < 1.29 is 9.18 Å². The number of hydrogen-bond donors (Lipinski definition) is 1. The first-order chi connectivity index (χ1) is 10.5. The third-order valence-electron chi connectivity index (χ3n) is 4.22. The molecule has 3 rings (SSSR count). The number of anilines is 1. The van der Waals surface area contributed by atoms with Gasteiger partial charge in [-0.2, -0.15) is 0 Å². The fraction of sp³-hybridized carbons (Fsp3) is 0.235. The summed E-state index contributed by atoms with van der Waals surface area (Å²) in [6.07, 6.45) is 2.44. The van der Waals surface area contributed by atoms with E-state index in [-0.39, 0.29) is 11.7 Å². The van der Waals surface area contributed by atoms with Gasteiger partial charge in [0, 0.05) is 5.02 Å². The molecule has 2 nitrogen and oxygen atoms in total. The van der Waals surface area contributed by atoms with Gasteiger partial charge in [-0.3, -0.25) is 4.79 Å². The monoisotopic (exact) mass is 337 g/mol. The fourth-order valence-electron chi connectivity index (χ4n) is 2.78. The maximum Gasteiger partial charge on any atom is 0.235 e. The molecule has 2 aromatic rings. The highest BCUT2D eigenvalue weighted by atomic mass is 35.5. The molecule has 1 aliphatic carbocycles. The van der Waals surface area contributed by atoms with E-state index in [1.807, 2.05) is 0 Å². The van der Waals surface area contributed by atoms with Gasteiger partial charge in [-0.25, -0.2) is 4.39 Å². The molecular weight excluding hydrogens is 324 g/mol. The normalized spacial score (nSPS) is 16.0. The van der Waals surface area contributed by atoms with Gasteiger partial charge in [-0.15, -0.1) is 0 Å². The quantitative estimate of drug-likeness (QED) is 0.819. The minimum Gasteiger partial charge on any atom is -0.324 e. The number of nitrogens with one attached hydrogen (secondary N) is 1. The van der Waals surface area contributed by atoms with Crippen LogP contribution in [0.3, 0.4) is 0 Å². The van der Waals surface area contributed by atoms with Crippen LogP contribution in [-0.4, -0.2) is 5.91 Å². The van der Waals surface area contributed by atoms with E-state index in [9.17, 15) is 9.18 Å². The predicted octanol–water partition coefficient (Wildman–Crippen LogP) is 5.19. The summed E-state index contributed by atoms with van der Waals surface area (Å²) < 4.78 is 13.1. The number of rotatable bonds is 3. The van der Waals surface area contributed by atoms with Crippen molar-refractivity contribution in [3.05, 3.63) is 63.9 Å². The van der Waals surface area contributed by atoms with Crippen molar-refractivity contribution in [2.75, 3.05) is 5.32 Å². The van der Waals surface area contributed by atoms with Crippen LogP contribution in [0.1, 0.15) is 24.8 Å². The SMILES string of the molecule is O=C(Nc1cc(Cl)ccc1Cl)C1(c2ccc(F)cc2)CCC1. The molecule has 0 saturated heterocycles. The lowest BCUT2D eigenvalue weighted by molar-refractivity contribution is -0.124. The van der Waals surface area contributed by atoms with Crippen LogP contribution in [0.25, 0.3) is 0 Å². The molecule has 1 saturated carbocycles. The van der Waals surface area contributed by atoms with Crippen LogP contribution in [0.4, 0.5) is 10.1 Å². The van der Waals surface area contributed by atoms with Crippen LogP contribution >= 0.6 is 23.2 Å². The summed E-state index contributed by atoms with van der Waals surface area (Å²) in [5.41, 5.74) is 0.711. The number of halogens is 3. The van der Waals surface area contributed by atoms with Gasteiger partial charge in [0.2, 0.25) is 5.91 Å². The van der Waals surface area contributed by atoms with Gasteiger partial charge in [-0.1, -0.05) is 41.8 Å². The van der Waals surface area contributed by atoms with Crippen molar-refractivity contribution in [3.8, 4) is 0 Å². The van der Waals surface area contributed by atoms with Gasteiger partial charge in [-0.05, 0) is 48.7 Å². The van der Waals surface area contributed by atoms with Crippen molar-refractivity contribution in [2.24, 2.45) is 0 Å². The Morgan fingerprint density at radius 2 is 1.77 bits per heavy atom. The molecule has 22 heavy (non-hydrogen) atoms. The Morgan fingerprint density at radius 1 is 1.09 bits per heavy atom. The van der Waals surface area contributed by atoms with Crippen LogP contribution in [0.5, 0.6) is 0 Å². The van der Waals surface area contributed by atoms with Crippen LogP contribution in [0, 0.1) is 5.82 Å². The molecule has 0 aliphatic heterocycles. The molecule has 5 heteroatoms. The molecule has 1 aliphatic rings. The number of hydrogen-bond acceptors (Lipinski definition) is 1. The first-order valence-corrected chi connectivity index (χ1v) is 7.79. The predicted molar refractivity (Wildman–Crippen MR) is 87.0 cm³/mol. The summed E-state index contributed by atoms with van der Waals surface area (Å²) in [5, 5.41) is 3.80. The van der Waals surface area contributed by atoms with E-state index in [0.717, 1.165) is 24.8 Å². The zero-order valence-corrected chi connectivity index (χ0v) is 13.2. The van der Waals surface area contributed by atoms with E-state index in [1.54, 1.807) is 30.3 Å². The lowest BCUT2D eigenvalue weighted by Crippen LogP contribution is -2.46. The van der Waals surface area contributed by atoms with E-state index >= 15 is 0 Å². The van der Waals surface area contributed by atoms with Gasteiger partial charge in [0.25, 0.3) is 0 Å². The van der Waals surface area contributed by atoms with Gasteiger partial charge in [0.15, 0.2) is 0 Å². The van der Waals surface area contributed by atoms with Crippen molar-refractivity contribution in [3.63, 3.8) is 0 Å². The van der Waals surface area contributed by atoms with Gasteiger partial charge in [0.05, 0.1) is 16.1 Å². The van der Waals surface area contributed by atoms with Crippen LogP contribution in [0.15, 0.2) is 42.5 Å². The molecule has 0 aromatic heterocycles. The molecule has 1 N–H and O–H groups in total. The second-order valence-electron chi connectivity index (χ2n) is 5.52. The highest BCUT2D eigenvalue weighted by molar-refractivity contribution is 6.35. The van der Waals surface area contributed by atoms with Crippen LogP contribution in [-0.2, 0) is 10.2 Å². The Kier molecular flexibility index (Phi) is 4.11. The molecule has 1 amide bonds. The third-order valence-corrected chi connectivity index (χ3v) is 4.78. The number of carbonyl (C=O) groups is 1. The maximum absolute atomic E-state index is 13.1. The Bertz CT molecular complexity index is 711. The number of carbonyl (C=O) groups excluding carboxylic acids is 1. The molecule has 2 aromatic carbocycles. The molecule has 0 spiro atoms. The van der Waals surface area contributed by atoms with Crippen molar-refractivity contribution >= 4 is 34.8 Å². The summed E-state index contributed by atoms with van der Waals surface area (Å²) in [5.74, 6) is -0.439. The molecular formula is C17H14Cl2FNO. The number of benzene rings is 2. The highest BCUT2D eigenvalue weighted by Gasteiger charge is 2.45. The number of amides is 1. The largest absolute Gasteiger partial charge is 0.324 e. The van der Waals surface area contributed by atoms with E-state index in [4.69, 9.17) is 23.2 Å². The minimum absolute atomic E-state index is 0.130. The maximum atomic E-state index is 13.1. The third kappa shape index (κ3) is 2.71. The fourth-order valence-corrected chi connectivity index (χ4v) is 3.12. The van der Waals surface area contributed by atoms with E-state index in [0.29, 0.717) is 15.7 Å². The lowest BCUT2D eigenvalue weighted by atomic mass is 9.64. The Morgan fingerprint density at radius 3 is 2.36 bits per heavy atom. The molecule has 1 fully saturated rings. The summed E-state index contributed by atoms with van der Waals surface area (Å²) in [6, 6.07) is 11.0. The van der Waals surface area contributed by atoms with Gasteiger partial charge < -0.3 is 5.32 Å². The van der Waals surface area contributed by atoms with Gasteiger partial charge in [0.1, 0.15) is 5.82 Å². The summed E-state index contributed by atoms with van der Waals surface area (Å²) in [7, 11) is 0. The second-order valence-corrected chi connectivity index (χ2v) is 6.36. The highest BCUT2D eigenvalue weighted by Crippen LogP contribution is 2.45. The smallest absolute Gasteiger partial charge is 0.235 e. The average molecular weight is 338 g/mol. The Hall–Kier alpha value is -1.58. The van der Waals surface area contributed by atoms with E-state index < -0.39 is 5.41 Å². The topological polar surface area (TPSA) is 29.1 Å². The molecule has 0 bridgehead atoms. The van der Waals surface area contributed by atoms with E-state index in [1.165, 1.54) is 12.1 Å². The minimum atomic E-state index is -0.612. The van der Waals surface area contributed by atoms with Gasteiger partial charge >= 0.3 is 0 Å².